The van der Waals surface area contributed by atoms with E-state index in [0.717, 1.165) is 29.9 Å². The van der Waals surface area contributed by atoms with Crippen LogP contribution in [0.5, 0.6) is 0 Å². The number of nitrogens with two attached hydrogens (primary N) is 1. The first kappa shape index (κ1) is 12.0. The van der Waals surface area contributed by atoms with Crippen LogP contribution in [0.25, 0.3) is 0 Å². The molecule has 98 valence electrons. The van der Waals surface area contributed by atoms with Gasteiger partial charge in [0.1, 0.15) is 0 Å². The van der Waals surface area contributed by atoms with Crippen LogP contribution in [-0.4, -0.2) is 12.5 Å². The number of benzene rings is 1. The molecule has 1 aromatic heterocycles. The number of rotatable bonds is 4. The largest absolute Gasteiger partial charge is 0.397 e. The van der Waals surface area contributed by atoms with Crippen molar-refractivity contribution in [3.63, 3.8) is 0 Å². The average Bonchev–Trinajstić information content (AvgIpc) is 2.98. The van der Waals surface area contributed by atoms with Gasteiger partial charge in [0.2, 0.25) is 5.91 Å². The Balaban J connectivity index is 1.68. The molecule has 3 rings (SSSR count). The Bertz CT molecular complexity index is 607. The molecule has 0 saturated carbocycles. The van der Waals surface area contributed by atoms with E-state index in [9.17, 15) is 4.79 Å². The lowest BCUT2D eigenvalue weighted by Crippen LogP contribution is -2.07. The van der Waals surface area contributed by atoms with Crippen LogP contribution in [0.3, 0.4) is 0 Å². The van der Waals surface area contributed by atoms with Gasteiger partial charge < -0.3 is 16.4 Å². The van der Waals surface area contributed by atoms with E-state index >= 15 is 0 Å². The molecule has 5 heteroatoms. The van der Waals surface area contributed by atoms with Gasteiger partial charge in [0.25, 0.3) is 0 Å². The molecule has 0 atom stereocenters. The van der Waals surface area contributed by atoms with E-state index in [-0.39, 0.29) is 5.91 Å². The Kier molecular flexibility index (Phi) is 3.13. The number of amides is 1. The van der Waals surface area contributed by atoms with Crippen molar-refractivity contribution >= 4 is 34.3 Å². The molecule has 4 nitrogen and oxygen atoms in total. The summed E-state index contributed by atoms with van der Waals surface area (Å²) in [6, 6.07) is 5.92. The highest BCUT2D eigenvalue weighted by molar-refractivity contribution is 7.07. The van der Waals surface area contributed by atoms with Crippen molar-refractivity contribution in [1.29, 1.82) is 0 Å². The zero-order valence-corrected chi connectivity index (χ0v) is 11.2. The summed E-state index contributed by atoms with van der Waals surface area (Å²) in [6.45, 7) is 0.827. The summed E-state index contributed by atoms with van der Waals surface area (Å²) in [4.78, 5) is 11.3. The number of hydrogen-bond acceptors (Lipinski definition) is 4. The van der Waals surface area contributed by atoms with Gasteiger partial charge in [0.05, 0.1) is 17.8 Å². The molecule has 1 aliphatic heterocycles. The van der Waals surface area contributed by atoms with Crippen LogP contribution in [0.2, 0.25) is 0 Å². The summed E-state index contributed by atoms with van der Waals surface area (Å²) in [7, 11) is 0. The predicted octanol–water partition coefficient (Wildman–Crippen LogP) is 2.48. The molecular weight excluding hydrogens is 258 g/mol. The Hall–Kier alpha value is -2.01. The summed E-state index contributed by atoms with van der Waals surface area (Å²) in [6.07, 6.45) is 1.39. The fraction of sp³-hybridized carbons (Fsp3) is 0.214. The fourth-order valence-corrected chi connectivity index (χ4v) is 2.93. The molecule has 19 heavy (non-hydrogen) atoms. The fourth-order valence-electron chi connectivity index (χ4n) is 2.22. The number of anilines is 3. The predicted molar refractivity (Wildman–Crippen MR) is 79.7 cm³/mol. The molecule has 2 heterocycles. The zero-order valence-electron chi connectivity index (χ0n) is 10.4. The maximum absolute atomic E-state index is 11.3. The molecule has 0 aliphatic carbocycles. The van der Waals surface area contributed by atoms with Crippen LogP contribution >= 0.6 is 11.3 Å². The Labute approximate surface area is 115 Å². The lowest BCUT2D eigenvalue weighted by atomic mass is 10.1. The second kappa shape index (κ2) is 4.93. The topological polar surface area (TPSA) is 67.2 Å². The summed E-state index contributed by atoms with van der Waals surface area (Å²) in [5.41, 5.74) is 10.8. The number of nitrogen functional groups attached to an aromatic ring is 1. The van der Waals surface area contributed by atoms with Crippen LogP contribution in [0.4, 0.5) is 17.1 Å². The lowest BCUT2D eigenvalue weighted by Gasteiger charge is -2.11. The van der Waals surface area contributed by atoms with Crippen LogP contribution in [0, 0.1) is 0 Å². The van der Waals surface area contributed by atoms with Crippen molar-refractivity contribution in [2.24, 2.45) is 0 Å². The third-order valence-electron chi connectivity index (χ3n) is 3.21. The van der Waals surface area contributed by atoms with Crippen molar-refractivity contribution in [2.75, 3.05) is 22.9 Å². The first-order chi connectivity index (χ1) is 9.22. The maximum Gasteiger partial charge on any atom is 0.228 e. The van der Waals surface area contributed by atoms with Crippen molar-refractivity contribution in [3.05, 3.63) is 40.1 Å². The molecule has 1 amide bonds. The molecule has 0 saturated heterocycles. The van der Waals surface area contributed by atoms with E-state index in [2.05, 4.69) is 27.5 Å². The summed E-state index contributed by atoms with van der Waals surface area (Å²) >= 11 is 1.71. The summed E-state index contributed by atoms with van der Waals surface area (Å²) < 4.78 is 0. The third-order valence-corrected chi connectivity index (χ3v) is 3.94. The standard InChI is InChI=1S/C14H15N3OS/c15-11-5-10-6-14(18)17-12(10)7-13(11)16-3-1-9-2-4-19-8-9/h2,4-5,7-8,16H,1,3,6,15H2,(H,17,18). The van der Waals surface area contributed by atoms with E-state index in [1.54, 1.807) is 11.3 Å². The van der Waals surface area contributed by atoms with Crippen molar-refractivity contribution in [3.8, 4) is 0 Å². The van der Waals surface area contributed by atoms with Gasteiger partial charge in [-0.2, -0.15) is 11.3 Å². The van der Waals surface area contributed by atoms with Crippen LogP contribution in [0.15, 0.2) is 29.0 Å². The molecule has 0 bridgehead atoms. The normalized spacial score (nSPS) is 13.2. The minimum atomic E-state index is 0.0322. The van der Waals surface area contributed by atoms with Gasteiger partial charge in [-0.15, -0.1) is 0 Å². The van der Waals surface area contributed by atoms with Gasteiger partial charge in [-0.1, -0.05) is 0 Å². The van der Waals surface area contributed by atoms with Gasteiger partial charge in [0, 0.05) is 12.2 Å². The molecule has 1 aromatic carbocycles. The number of carbonyl (C=O) groups is 1. The molecule has 2 aromatic rings. The molecule has 1 aliphatic rings. The molecular formula is C14H15N3OS. The highest BCUT2D eigenvalue weighted by atomic mass is 32.1. The van der Waals surface area contributed by atoms with Crippen molar-refractivity contribution in [1.82, 2.24) is 0 Å². The molecule has 4 N–H and O–H groups in total. The molecule has 0 unspecified atom stereocenters. The monoisotopic (exact) mass is 273 g/mol. The quantitative estimate of drug-likeness (QED) is 0.750. The van der Waals surface area contributed by atoms with Crippen molar-refractivity contribution < 1.29 is 4.79 Å². The van der Waals surface area contributed by atoms with E-state index in [1.165, 1.54) is 5.56 Å². The number of thiophene rings is 1. The SMILES string of the molecule is Nc1cc2c(cc1NCCc1ccsc1)NC(=O)C2. The van der Waals surface area contributed by atoms with E-state index in [4.69, 9.17) is 5.73 Å². The molecule has 0 radical (unpaired) electrons. The van der Waals surface area contributed by atoms with Gasteiger partial charge >= 0.3 is 0 Å². The van der Waals surface area contributed by atoms with E-state index in [0.29, 0.717) is 12.1 Å². The highest BCUT2D eigenvalue weighted by Gasteiger charge is 2.19. The van der Waals surface area contributed by atoms with E-state index < -0.39 is 0 Å². The minimum absolute atomic E-state index is 0.0322. The third kappa shape index (κ3) is 2.56. The molecule has 0 spiro atoms. The van der Waals surface area contributed by atoms with Crippen molar-refractivity contribution in [2.45, 2.75) is 12.8 Å². The van der Waals surface area contributed by atoms with Gasteiger partial charge in [-0.05, 0) is 46.5 Å². The number of fused-ring (bicyclic) bond motifs is 1. The second-order valence-corrected chi connectivity index (χ2v) is 5.41. The minimum Gasteiger partial charge on any atom is -0.397 e. The maximum atomic E-state index is 11.3. The van der Waals surface area contributed by atoms with Crippen LogP contribution < -0.4 is 16.4 Å². The van der Waals surface area contributed by atoms with Gasteiger partial charge in [-0.3, -0.25) is 4.79 Å². The van der Waals surface area contributed by atoms with E-state index in [1.807, 2.05) is 12.1 Å². The summed E-state index contributed by atoms with van der Waals surface area (Å²) in [5.74, 6) is 0.0322. The second-order valence-electron chi connectivity index (χ2n) is 4.63. The van der Waals surface area contributed by atoms with Gasteiger partial charge in [-0.25, -0.2) is 0 Å². The number of hydrogen-bond donors (Lipinski definition) is 3. The number of nitrogens with one attached hydrogen (secondary N) is 2. The first-order valence-corrected chi connectivity index (χ1v) is 7.14. The molecule has 0 fully saturated rings. The average molecular weight is 273 g/mol. The van der Waals surface area contributed by atoms with Crippen LogP contribution in [-0.2, 0) is 17.6 Å². The smallest absolute Gasteiger partial charge is 0.228 e. The summed E-state index contributed by atoms with van der Waals surface area (Å²) in [5, 5.41) is 10.4. The lowest BCUT2D eigenvalue weighted by molar-refractivity contribution is -0.115. The van der Waals surface area contributed by atoms with Crippen LogP contribution in [0.1, 0.15) is 11.1 Å². The Morgan fingerprint density at radius 2 is 2.32 bits per heavy atom. The Morgan fingerprint density at radius 1 is 1.42 bits per heavy atom. The highest BCUT2D eigenvalue weighted by Crippen LogP contribution is 2.31. The first-order valence-electron chi connectivity index (χ1n) is 6.19. The number of carbonyl (C=O) groups excluding carboxylic acids is 1. The Morgan fingerprint density at radius 3 is 3.11 bits per heavy atom. The van der Waals surface area contributed by atoms with Gasteiger partial charge in [0.15, 0.2) is 0 Å². The zero-order chi connectivity index (χ0) is 13.2.